The van der Waals surface area contributed by atoms with Crippen molar-refractivity contribution in [2.45, 2.75) is 25.3 Å². The number of nitrogens with zero attached hydrogens (tertiary/aromatic N) is 2. The van der Waals surface area contributed by atoms with Gasteiger partial charge in [-0.2, -0.15) is 0 Å². The molecular weight excluding hydrogens is 202 g/mol. The van der Waals surface area contributed by atoms with Gasteiger partial charge in [0.2, 0.25) is 0 Å². The van der Waals surface area contributed by atoms with E-state index in [-0.39, 0.29) is 6.03 Å². The normalized spacial score (nSPS) is 43.1. The van der Waals surface area contributed by atoms with Gasteiger partial charge in [-0.25, -0.2) is 9.78 Å². The number of aromatic nitrogens is 2. The Hall–Kier alpha value is -1.32. The Kier molecular flexibility index (Phi) is 1.58. The van der Waals surface area contributed by atoms with Gasteiger partial charge in [0.25, 0.3) is 0 Å². The van der Waals surface area contributed by atoms with E-state index in [0.717, 1.165) is 23.7 Å². The van der Waals surface area contributed by atoms with Crippen LogP contribution in [0.5, 0.6) is 0 Å². The van der Waals surface area contributed by atoms with E-state index >= 15 is 0 Å². The van der Waals surface area contributed by atoms with Gasteiger partial charge in [-0.15, -0.1) is 0 Å². The Labute approximate surface area is 94.0 Å². The van der Waals surface area contributed by atoms with Gasteiger partial charge in [0.05, 0.1) is 0 Å². The highest BCUT2D eigenvalue weighted by atomic mass is 16.2. The van der Waals surface area contributed by atoms with E-state index in [4.69, 9.17) is 0 Å². The van der Waals surface area contributed by atoms with Crippen LogP contribution in [0.1, 0.15) is 19.3 Å². The summed E-state index contributed by atoms with van der Waals surface area (Å²) in [7, 11) is 0. The average molecular weight is 217 g/mol. The van der Waals surface area contributed by atoms with E-state index in [9.17, 15) is 4.79 Å². The first kappa shape index (κ1) is 8.79. The van der Waals surface area contributed by atoms with Crippen LogP contribution in [-0.2, 0) is 0 Å². The summed E-state index contributed by atoms with van der Waals surface area (Å²) in [4.78, 5) is 15.7. The lowest BCUT2D eigenvalue weighted by molar-refractivity contribution is 0.240. The monoisotopic (exact) mass is 217 g/mol. The zero-order chi connectivity index (χ0) is 10.7. The summed E-state index contributed by atoms with van der Waals surface area (Å²) < 4.78 is 1.52. The molecule has 1 N–H and O–H groups in total. The molecule has 3 saturated carbocycles. The topological polar surface area (TPSA) is 46.9 Å². The van der Waals surface area contributed by atoms with Crippen LogP contribution in [-0.4, -0.2) is 21.6 Å². The highest BCUT2D eigenvalue weighted by Gasteiger charge is 2.65. The number of fused-ring (bicyclic) bond motifs is 5. The lowest BCUT2D eigenvalue weighted by Gasteiger charge is -2.10. The molecule has 3 aliphatic carbocycles. The molecule has 16 heavy (non-hydrogen) atoms. The minimum absolute atomic E-state index is 0.0173. The van der Waals surface area contributed by atoms with Crippen molar-refractivity contribution >= 4 is 6.03 Å². The number of hydrogen-bond acceptors (Lipinski definition) is 2. The van der Waals surface area contributed by atoms with Gasteiger partial charge in [0, 0.05) is 18.4 Å². The molecule has 1 heterocycles. The molecule has 84 valence electrons. The third kappa shape index (κ3) is 1.05. The minimum Gasteiger partial charge on any atom is -0.334 e. The Morgan fingerprint density at radius 2 is 2.06 bits per heavy atom. The Morgan fingerprint density at radius 3 is 2.69 bits per heavy atom. The van der Waals surface area contributed by atoms with Crippen LogP contribution in [0.4, 0.5) is 4.79 Å². The standard InChI is InChI=1S/C12H15N3O/c16-12(15-4-3-13-6-15)14-11-9-7-1-2-8(5-7)10(9)11/h3-4,6-11H,1-2,5H2,(H,14,16). The number of amides is 1. The zero-order valence-electron chi connectivity index (χ0n) is 9.04. The van der Waals surface area contributed by atoms with Gasteiger partial charge in [0.15, 0.2) is 0 Å². The molecule has 0 aliphatic heterocycles. The SMILES string of the molecule is O=C(NC1C2C3CCC(C3)C12)n1ccnc1. The van der Waals surface area contributed by atoms with E-state index in [1.54, 1.807) is 18.7 Å². The van der Waals surface area contributed by atoms with Crippen LogP contribution in [0.2, 0.25) is 0 Å². The highest BCUT2D eigenvalue weighted by Crippen LogP contribution is 2.65. The maximum atomic E-state index is 11.8. The predicted molar refractivity (Wildman–Crippen MR) is 57.8 cm³/mol. The Bertz CT molecular complexity index is 411. The second-order valence-electron chi connectivity index (χ2n) is 5.43. The van der Waals surface area contributed by atoms with Crippen molar-refractivity contribution in [1.29, 1.82) is 0 Å². The van der Waals surface area contributed by atoms with Crippen molar-refractivity contribution in [3.8, 4) is 0 Å². The molecule has 4 rings (SSSR count). The molecule has 1 aromatic rings. The summed E-state index contributed by atoms with van der Waals surface area (Å²) in [6.07, 6.45) is 9.10. The molecule has 3 fully saturated rings. The van der Waals surface area contributed by atoms with Gasteiger partial charge in [0.1, 0.15) is 6.33 Å². The summed E-state index contributed by atoms with van der Waals surface area (Å²) in [5.41, 5.74) is 0. The number of nitrogens with one attached hydrogen (secondary N) is 1. The second kappa shape index (κ2) is 2.87. The highest BCUT2D eigenvalue weighted by molar-refractivity contribution is 5.77. The first-order valence-electron chi connectivity index (χ1n) is 6.13. The largest absolute Gasteiger partial charge is 0.334 e. The van der Waals surface area contributed by atoms with Crippen LogP contribution >= 0.6 is 0 Å². The van der Waals surface area contributed by atoms with Crippen LogP contribution < -0.4 is 5.32 Å². The van der Waals surface area contributed by atoms with E-state index < -0.39 is 0 Å². The molecule has 4 nitrogen and oxygen atoms in total. The van der Waals surface area contributed by atoms with Gasteiger partial charge in [-0.05, 0) is 42.9 Å². The predicted octanol–water partition coefficient (Wildman–Crippen LogP) is 1.49. The van der Waals surface area contributed by atoms with Crippen molar-refractivity contribution in [2.75, 3.05) is 0 Å². The summed E-state index contributed by atoms with van der Waals surface area (Å²) in [6, 6.07) is 0.442. The maximum absolute atomic E-state index is 11.8. The number of imidazole rings is 1. The van der Waals surface area contributed by atoms with Crippen molar-refractivity contribution in [2.24, 2.45) is 23.7 Å². The summed E-state index contributed by atoms with van der Waals surface area (Å²) in [5, 5.41) is 3.14. The number of rotatable bonds is 1. The fourth-order valence-corrected chi connectivity index (χ4v) is 4.11. The third-order valence-corrected chi connectivity index (χ3v) is 4.76. The molecule has 0 saturated heterocycles. The molecule has 0 radical (unpaired) electrons. The molecule has 3 aliphatic rings. The van der Waals surface area contributed by atoms with Crippen LogP contribution in [0.15, 0.2) is 18.7 Å². The fourth-order valence-electron chi connectivity index (χ4n) is 4.11. The number of carbonyl (C=O) groups excluding carboxylic acids is 1. The van der Waals surface area contributed by atoms with E-state index in [2.05, 4.69) is 10.3 Å². The van der Waals surface area contributed by atoms with E-state index in [0.29, 0.717) is 6.04 Å². The summed E-state index contributed by atoms with van der Waals surface area (Å²) in [6.45, 7) is 0. The molecule has 0 spiro atoms. The minimum atomic E-state index is -0.0173. The summed E-state index contributed by atoms with van der Waals surface area (Å²) in [5.74, 6) is 3.41. The lowest BCUT2D eigenvalue weighted by atomic mass is 10.0. The van der Waals surface area contributed by atoms with Crippen molar-refractivity contribution in [3.63, 3.8) is 0 Å². The Morgan fingerprint density at radius 1 is 1.31 bits per heavy atom. The average Bonchev–Trinajstić information content (AvgIpc) is 2.81. The Balaban J connectivity index is 1.46. The third-order valence-electron chi connectivity index (χ3n) is 4.76. The lowest BCUT2D eigenvalue weighted by Crippen LogP contribution is -2.32. The van der Waals surface area contributed by atoms with E-state index in [1.165, 1.54) is 23.8 Å². The molecule has 2 bridgehead atoms. The molecular formula is C12H15N3O. The smallest absolute Gasteiger partial charge is 0.327 e. The second-order valence-corrected chi connectivity index (χ2v) is 5.43. The first-order chi connectivity index (χ1) is 7.84. The van der Waals surface area contributed by atoms with Gasteiger partial charge in [-0.1, -0.05) is 0 Å². The van der Waals surface area contributed by atoms with E-state index in [1.807, 2.05) is 0 Å². The molecule has 4 atom stereocenters. The molecule has 0 aromatic carbocycles. The number of hydrogen-bond donors (Lipinski definition) is 1. The quantitative estimate of drug-likeness (QED) is 0.774. The van der Waals surface area contributed by atoms with Crippen molar-refractivity contribution in [3.05, 3.63) is 18.7 Å². The van der Waals surface area contributed by atoms with Crippen molar-refractivity contribution in [1.82, 2.24) is 14.9 Å². The molecule has 1 aromatic heterocycles. The fraction of sp³-hybridized carbons (Fsp3) is 0.667. The van der Waals surface area contributed by atoms with Crippen LogP contribution in [0.25, 0.3) is 0 Å². The molecule has 4 unspecified atom stereocenters. The zero-order valence-corrected chi connectivity index (χ0v) is 9.04. The van der Waals surface area contributed by atoms with Gasteiger partial charge < -0.3 is 5.32 Å². The number of carbonyl (C=O) groups is 1. The first-order valence-corrected chi connectivity index (χ1v) is 6.13. The molecule has 4 heteroatoms. The van der Waals surface area contributed by atoms with Gasteiger partial charge in [-0.3, -0.25) is 4.57 Å². The van der Waals surface area contributed by atoms with Crippen LogP contribution in [0, 0.1) is 23.7 Å². The molecule has 1 amide bonds. The maximum Gasteiger partial charge on any atom is 0.327 e. The van der Waals surface area contributed by atoms with Gasteiger partial charge >= 0.3 is 6.03 Å². The van der Waals surface area contributed by atoms with Crippen molar-refractivity contribution < 1.29 is 4.79 Å². The van der Waals surface area contributed by atoms with Crippen LogP contribution in [0.3, 0.4) is 0 Å². The summed E-state index contributed by atoms with van der Waals surface area (Å²) >= 11 is 0.